The number of likely N-dealkylation sites (tertiary alicyclic amines) is 1. The SMILES string of the molecule is CCC(CNC(=NC)N1CCC(OCCCOC)CC1)N1CCc2ccccc2C1. The Balaban J connectivity index is 1.43. The first kappa shape index (κ1) is 23.0. The maximum absolute atomic E-state index is 6.00. The van der Waals surface area contributed by atoms with Crippen LogP contribution < -0.4 is 5.32 Å². The van der Waals surface area contributed by atoms with Crippen molar-refractivity contribution >= 4 is 5.96 Å². The number of rotatable bonds is 9. The summed E-state index contributed by atoms with van der Waals surface area (Å²) in [6.07, 6.45) is 5.76. The Kier molecular flexibility index (Phi) is 9.43. The van der Waals surface area contributed by atoms with Crippen LogP contribution in [0.4, 0.5) is 0 Å². The molecule has 1 atom stereocenters. The van der Waals surface area contributed by atoms with Crippen molar-refractivity contribution in [1.29, 1.82) is 0 Å². The molecule has 0 bridgehead atoms. The van der Waals surface area contributed by atoms with Gasteiger partial charge in [-0.15, -0.1) is 0 Å². The topological polar surface area (TPSA) is 49.3 Å². The number of benzene rings is 1. The van der Waals surface area contributed by atoms with E-state index in [4.69, 9.17) is 9.47 Å². The van der Waals surface area contributed by atoms with E-state index in [-0.39, 0.29) is 0 Å². The van der Waals surface area contributed by atoms with Crippen LogP contribution in [0, 0.1) is 0 Å². The van der Waals surface area contributed by atoms with Gasteiger partial charge in [0.15, 0.2) is 5.96 Å². The van der Waals surface area contributed by atoms with Crippen LogP contribution in [0.15, 0.2) is 29.3 Å². The third kappa shape index (κ3) is 6.43. The number of guanidine groups is 1. The number of piperidine rings is 1. The molecule has 168 valence electrons. The Morgan fingerprint density at radius 3 is 2.63 bits per heavy atom. The maximum Gasteiger partial charge on any atom is 0.193 e. The number of hydrogen-bond acceptors (Lipinski definition) is 4. The van der Waals surface area contributed by atoms with E-state index < -0.39 is 0 Å². The molecule has 1 aromatic rings. The first-order valence-corrected chi connectivity index (χ1v) is 11.6. The summed E-state index contributed by atoms with van der Waals surface area (Å²) in [5, 5.41) is 3.66. The largest absolute Gasteiger partial charge is 0.385 e. The Bertz CT molecular complexity index is 658. The van der Waals surface area contributed by atoms with Gasteiger partial charge in [-0.25, -0.2) is 0 Å². The van der Waals surface area contributed by atoms with Gasteiger partial charge in [-0.1, -0.05) is 31.2 Å². The minimum absolute atomic E-state index is 0.369. The zero-order valence-electron chi connectivity index (χ0n) is 19.1. The van der Waals surface area contributed by atoms with Crippen LogP contribution in [-0.4, -0.2) is 81.5 Å². The zero-order chi connectivity index (χ0) is 21.2. The van der Waals surface area contributed by atoms with Gasteiger partial charge in [0.1, 0.15) is 0 Å². The van der Waals surface area contributed by atoms with E-state index in [1.807, 2.05) is 7.05 Å². The molecule has 1 aromatic carbocycles. The number of nitrogens with zero attached hydrogens (tertiary/aromatic N) is 3. The first-order chi connectivity index (χ1) is 14.7. The van der Waals surface area contributed by atoms with Gasteiger partial charge in [-0.05, 0) is 43.2 Å². The van der Waals surface area contributed by atoms with Gasteiger partial charge in [0.2, 0.25) is 0 Å². The molecule has 0 amide bonds. The van der Waals surface area contributed by atoms with Gasteiger partial charge in [0.25, 0.3) is 0 Å². The van der Waals surface area contributed by atoms with Crippen molar-refractivity contribution < 1.29 is 9.47 Å². The summed E-state index contributed by atoms with van der Waals surface area (Å²) in [4.78, 5) is 9.58. The monoisotopic (exact) mass is 416 g/mol. The highest BCUT2D eigenvalue weighted by Crippen LogP contribution is 2.21. The third-order valence-electron chi connectivity index (χ3n) is 6.44. The van der Waals surface area contributed by atoms with Gasteiger partial charge in [-0.3, -0.25) is 9.89 Å². The first-order valence-electron chi connectivity index (χ1n) is 11.6. The summed E-state index contributed by atoms with van der Waals surface area (Å²) < 4.78 is 11.1. The quantitative estimate of drug-likeness (QED) is 0.381. The van der Waals surface area contributed by atoms with Crippen molar-refractivity contribution in [3.05, 3.63) is 35.4 Å². The van der Waals surface area contributed by atoms with Crippen LogP contribution in [0.3, 0.4) is 0 Å². The Morgan fingerprint density at radius 2 is 1.93 bits per heavy atom. The highest BCUT2D eigenvalue weighted by molar-refractivity contribution is 5.80. The van der Waals surface area contributed by atoms with Crippen molar-refractivity contribution in [1.82, 2.24) is 15.1 Å². The summed E-state index contributed by atoms with van der Waals surface area (Å²) in [6.45, 7) is 9.01. The lowest BCUT2D eigenvalue weighted by Gasteiger charge is -2.37. The molecule has 1 unspecified atom stereocenters. The number of ether oxygens (including phenoxy) is 2. The average molecular weight is 417 g/mol. The van der Waals surface area contributed by atoms with Gasteiger partial charge < -0.3 is 19.7 Å². The van der Waals surface area contributed by atoms with Crippen LogP contribution in [0.1, 0.15) is 43.7 Å². The van der Waals surface area contributed by atoms with Crippen molar-refractivity contribution in [2.75, 3.05) is 53.6 Å². The molecule has 6 nitrogen and oxygen atoms in total. The van der Waals surface area contributed by atoms with E-state index in [1.54, 1.807) is 7.11 Å². The fourth-order valence-corrected chi connectivity index (χ4v) is 4.59. The predicted octanol–water partition coefficient (Wildman–Crippen LogP) is 2.92. The molecule has 1 fully saturated rings. The molecule has 0 aliphatic carbocycles. The minimum atomic E-state index is 0.369. The number of methoxy groups -OCH3 is 1. The summed E-state index contributed by atoms with van der Waals surface area (Å²) in [6, 6.07) is 9.40. The van der Waals surface area contributed by atoms with Crippen molar-refractivity contribution in [3.63, 3.8) is 0 Å². The second kappa shape index (κ2) is 12.3. The number of hydrogen-bond donors (Lipinski definition) is 1. The Morgan fingerprint density at radius 1 is 1.17 bits per heavy atom. The Labute approximate surface area is 182 Å². The molecule has 2 aliphatic rings. The van der Waals surface area contributed by atoms with Gasteiger partial charge >= 0.3 is 0 Å². The van der Waals surface area contributed by atoms with E-state index in [2.05, 4.69) is 51.3 Å². The smallest absolute Gasteiger partial charge is 0.193 e. The van der Waals surface area contributed by atoms with Crippen LogP contribution >= 0.6 is 0 Å². The molecule has 2 aliphatic heterocycles. The summed E-state index contributed by atoms with van der Waals surface area (Å²) in [5.74, 6) is 1.03. The number of fused-ring (bicyclic) bond motifs is 1. The molecule has 3 rings (SSSR count). The zero-order valence-corrected chi connectivity index (χ0v) is 19.1. The van der Waals surface area contributed by atoms with Gasteiger partial charge in [0.05, 0.1) is 6.10 Å². The maximum atomic E-state index is 6.00. The Hall–Kier alpha value is -1.63. The molecule has 2 heterocycles. The van der Waals surface area contributed by atoms with Gasteiger partial charge in [0, 0.05) is 66.1 Å². The molecular formula is C24H40N4O2. The fraction of sp³-hybridized carbons (Fsp3) is 0.708. The van der Waals surface area contributed by atoms with Crippen LogP contribution in [0.5, 0.6) is 0 Å². The molecule has 0 spiro atoms. The molecule has 0 aromatic heterocycles. The van der Waals surface area contributed by atoms with Crippen LogP contribution in [-0.2, 0) is 22.4 Å². The van der Waals surface area contributed by atoms with Crippen molar-refractivity contribution in [2.24, 2.45) is 4.99 Å². The summed E-state index contributed by atoms with van der Waals surface area (Å²) in [7, 11) is 3.64. The molecular weight excluding hydrogens is 376 g/mol. The lowest BCUT2D eigenvalue weighted by molar-refractivity contribution is 0.00984. The lowest BCUT2D eigenvalue weighted by atomic mass is 9.98. The standard InChI is InChI=1S/C24H40N4O2/c1-4-22(28-13-10-20-8-5-6-9-21(20)19-28)18-26-24(25-2)27-14-11-23(12-15-27)30-17-7-16-29-3/h5-6,8-9,22-23H,4,7,10-19H2,1-3H3,(H,25,26). The summed E-state index contributed by atoms with van der Waals surface area (Å²) in [5.41, 5.74) is 3.00. The van der Waals surface area contributed by atoms with Crippen LogP contribution in [0.25, 0.3) is 0 Å². The molecule has 0 saturated carbocycles. The molecule has 1 saturated heterocycles. The van der Waals surface area contributed by atoms with E-state index in [9.17, 15) is 0 Å². The second-order valence-corrected chi connectivity index (χ2v) is 8.38. The van der Waals surface area contributed by atoms with E-state index in [0.717, 1.165) is 84.0 Å². The van der Waals surface area contributed by atoms with Crippen molar-refractivity contribution in [2.45, 2.75) is 57.7 Å². The minimum Gasteiger partial charge on any atom is -0.385 e. The van der Waals surface area contributed by atoms with Gasteiger partial charge in [-0.2, -0.15) is 0 Å². The molecule has 1 N–H and O–H groups in total. The molecule has 6 heteroatoms. The number of nitrogens with one attached hydrogen (secondary N) is 1. The van der Waals surface area contributed by atoms with Crippen LogP contribution in [0.2, 0.25) is 0 Å². The predicted molar refractivity (Wildman–Crippen MR) is 123 cm³/mol. The molecule has 30 heavy (non-hydrogen) atoms. The lowest BCUT2D eigenvalue weighted by Crippen LogP contribution is -2.51. The summed E-state index contributed by atoms with van der Waals surface area (Å²) >= 11 is 0. The molecule has 0 radical (unpaired) electrons. The number of aliphatic imine (C=N–C) groups is 1. The normalized spacial score (nSPS) is 19.6. The van der Waals surface area contributed by atoms with Crippen molar-refractivity contribution in [3.8, 4) is 0 Å². The second-order valence-electron chi connectivity index (χ2n) is 8.38. The fourth-order valence-electron chi connectivity index (χ4n) is 4.59. The van der Waals surface area contributed by atoms with E-state index in [0.29, 0.717) is 12.1 Å². The highest BCUT2D eigenvalue weighted by Gasteiger charge is 2.25. The third-order valence-corrected chi connectivity index (χ3v) is 6.44. The average Bonchev–Trinajstić information content (AvgIpc) is 2.80. The van der Waals surface area contributed by atoms with E-state index in [1.165, 1.54) is 11.1 Å². The highest BCUT2D eigenvalue weighted by atomic mass is 16.5. The van der Waals surface area contributed by atoms with E-state index >= 15 is 0 Å².